The minimum atomic E-state index is -4.98. The number of aromatic hydroxyl groups is 2. The number of pyridine rings is 2. The lowest BCUT2D eigenvalue weighted by Crippen LogP contribution is -2.33. The molecule has 0 fully saturated rings. The van der Waals surface area contributed by atoms with Gasteiger partial charge in [0.05, 0.1) is 23.4 Å². The molecule has 0 aliphatic heterocycles. The van der Waals surface area contributed by atoms with Crippen molar-refractivity contribution in [3.05, 3.63) is 79.4 Å². The maximum atomic E-state index is 13.0. The maximum Gasteiger partial charge on any atom is 0.295 e. The van der Waals surface area contributed by atoms with Gasteiger partial charge < -0.3 is 20.0 Å². The van der Waals surface area contributed by atoms with Crippen molar-refractivity contribution in [1.29, 1.82) is 0 Å². The summed E-state index contributed by atoms with van der Waals surface area (Å²) in [7, 11) is 0.839. The van der Waals surface area contributed by atoms with E-state index in [9.17, 15) is 42.4 Å². The Morgan fingerprint density at radius 1 is 0.750 bits per heavy atom. The third-order valence-corrected chi connectivity index (χ3v) is 9.91. The van der Waals surface area contributed by atoms with Crippen LogP contribution in [0.15, 0.2) is 76.2 Å². The molecule has 0 unspecified atom stereocenters. The number of hydrogen-bond donors (Lipinski definition) is 4. The highest BCUT2D eigenvalue weighted by Gasteiger charge is 2.27. The average molecular weight is 815 g/mol. The van der Waals surface area contributed by atoms with Crippen LogP contribution in [-0.4, -0.2) is 87.4 Å². The highest BCUT2D eigenvalue weighted by atomic mass is 32.2. The molecule has 298 valence electrons. The van der Waals surface area contributed by atoms with Crippen molar-refractivity contribution in [2.45, 2.75) is 50.6 Å². The molecule has 0 saturated carbocycles. The first-order valence-corrected chi connectivity index (χ1v) is 18.6. The first kappa shape index (κ1) is 43.0. The second-order valence-electron chi connectivity index (χ2n) is 12.3. The van der Waals surface area contributed by atoms with E-state index in [1.807, 2.05) is 0 Å². The summed E-state index contributed by atoms with van der Waals surface area (Å²) in [6.07, 6.45) is 0. The van der Waals surface area contributed by atoms with Crippen LogP contribution >= 0.6 is 12.0 Å². The van der Waals surface area contributed by atoms with Crippen LogP contribution in [0.5, 0.6) is 11.8 Å². The minimum absolute atomic E-state index is 0.0114. The molecular formula is C34H38N8O12S2. The SMILES string of the molecule is CCn1c(O)c(N=Nc2ccc(-c3ccc(N=Nc4c(C)c(C(=O)N(C)C)c(=O)n(CC)c4O)cc3S(=O)(=O)O)c(SOOO)c2)c(C)c(C(=O)N(C)C)c1=O. The van der Waals surface area contributed by atoms with Crippen molar-refractivity contribution in [3.63, 3.8) is 0 Å². The summed E-state index contributed by atoms with van der Waals surface area (Å²) in [6.45, 7) is 6.00. The Kier molecular flexibility index (Phi) is 13.3. The van der Waals surface area contributed by atoms with Gasteiger partial charge in [-0.1, -0.05) is 17.2 Å². The fraction of sp³-hybridized carbons (Fsp3) is 0.294. The molecular weight excluding hydrogens is 777 g/mol. The van der Waals surface area contributed by atoms with Crippen LogP contribution in [0, 0.1) is 13.8 Å². The average Bonchev–Trinajstić information content (AvgIpc) is 3.13. The molecule has 0 bridgehead atoms. The lowest BCUT2D eigenvalue weighted by atomic mass is 10.0. The number of carbonyl (C=O) groups excluding carboxylic acids is 2. The monoisotopic (exact) mass is 814 g/mol. The summed E-state index contributed by atoms with van der Waals surface area (Å²) in [4.78, 5) is 53.5. The number of rotatable bonds is 13. The quantitative estimate of drug-likeness (QED) is 0.0418. The van der Waals surface area contributed by atoms with E-state index in [-0.39, 0.29) is 74.1 Å². The van der Waals surface area contributed by atoms with Gasteiger partial charge in [-0.2, -0.15) is 18.6 Å². The highest BCUT2D eigenvalue weighted by Crippen LogP contribution is 2.41. The second-order valence-corrected chi connectivity index (χ2v) is 14.4. The predicted octanol–water partition coefficient (Wildman–Crippen LogP) is 5.65. The first-order valence-electron chi connectivity index (χ1n) is 16.4. The van der Waals surface area contributed by atoms with Crippen LogP contribution in [0.25, 0.3) is 11.1 Å². The molecule has 0 atom stereocenters. The van der Waals surface area contributed by atoms with Gasteiger partial charge in [0.15, 0.2) is 0 Å². The Labute approximate surface area is 323 Å². The van der Waals surface area contributed by atoms with Crippen molar-refractivity contribution < 1.29 is 47.4 Å². The van der Waals surface area contributed by atoms with Crippen LogP contribution in [0.2, 0.25) is 0 Å². The summed E-state index contributed by atoms with van der Waals surface area (Å²) in [5.74, 6) is -2.36. The fourth-order valence-electron chi connectivity index (χ4n) is 5.53. The molecule has 4 aromatic rings. The van der Waals surface area contributed by atoms with Gasteiger partial charge >= 0.3 is 0 Å². The Balaban J connectivity index is 1.85. The maximum absolute atomic E-state index is 13.0. The van der Waals surface area contributed by atoms with E-state index in [1.54, 1.807) is 13.8 Å². The third-order valence-electron chi connectivity index (χ3n) is 8.37. The zero-order valence-corrected chi connectivity index (χ0v) is 33.0. The van der Waals surface area contributed by atoms with Gasteiger partial charge in [0, 0.05) is 62.9 Å². The van der Waals surface area contributed by atoms with Crippen LogP contribution in [0.3, 0.4) is 0 Å². The van der Waals surface area contributed by atoms with Crippen molar-refractivity contribution in [3.8, 4) is 22.9 Å². The molecule has 0 saturated heterocycles. The van der Waals surface area contributed by atoms with Gasteiger partial charge in [0.2, 0.25) is 11.8 Å². The summed E-state index contributed by atoms with van der Waals surface area (Å²) in [6, 6.07) is 7.68. The van der Waals surface area contributed by atoms with Gasteiger partial charge in [0.1, 0.15) is 27.4 Å². The molecule has 4 N–H and O–H groups in total. The van der Waals surface area contributed by atoms with E-state index >= 15 is 0 Å². The molecule has 0 radical (unpaired) electrons. The van der Waals surface area contributed by atoms with Crippen LogP contribution in [0.4, 0.5) is 22.7 Å². The van der Waals surface area contributed by atoms with Gasteiger partial charge in [-0.05, 0) is 57.5 Å². The van der Waals surface area contributed by atoms with Crippen LogP contribution in [-0.2, 0) is 32.6 Å². The molecule has 2 aromatic heterocycles. The number of benzene rings is 2. The van der Waals surface area contributed by atoms with E-state index in [2.05, 4.69) is 29.8 Å². The number of nitrogens with zero attached hydrogens (tertiary/aromatic N) is 8. The molecule has 20 nitrogen and oxygen atoms in total. The minimum Gasteiger partial charge on any atom is -0.493 e. The number of hydrogen-bond acceptors (Lipinski definition) is 16. The third kappa shape index (κ3) is 8.54. The summed E-state index contributed by atoms with van der Waals surface area (Å²) < 4.78 is 42.3. The van der Waals surface area contributed by atoms with E-state index in [0.717, 1.165) is 15.2 Å². The lowest BCUT2D eigenvalue weighted by molar-refractivity contribution is -0.432. The Bertz CT molecular complexity index is 2510. The van der Waals surface area contributed by atoms with E-state index in [1.165, 1.54) is 82.2 Å². The largest absolute Gasteiger partial charge is 0.493 e. The van der Waals surface area contributed by atoms with E-state index in [4.69, 9.17) is 5.26 Å². The molecule has 4 rings (SSSR count). The zero-order valence-electron chi connectivity index (χ0n) is 31.3. The molecule has 56 heavy (non-hydrogen) atoms. The first-order chi connectivity index (χ1) is 26.3. The molecule has 22 heteroatoms. The van der Waals surface area contributed by atoms with Gasteiger partial charge in [-0.15, -0.1) is 14.6 Å². The smallest absolute Gasteiger partial charge is 0.295 e. The van der Waals surface area contributed by atoms with Gasteiger partial charge in [0.25, 0.3) is 33.1 Å². The van der Waals surface area contributed by atoms with Crippen molar-refractivity contribution in [2.24, 2.45) is 20.5 Å². The van der Waals surface area contributed by atoms with Crippen molar-refractivity contribution >= 4 is 56.7 Å². The zero-order chi connectivity index (χ0) is 41.8. The Morgan fingerprint density at radius 2 is 1.18 bits per heavy atom. The van der Waals surface area contributed by atoms with Crippen molar-refractivity contribution in [1.82, 2.24) is 18.9 Å². The second kappa shape index (κ2) is 17.3. The normalized spacial score (nSPS) is 11.8. The molecule has 2 amide bonds. The van der Waals surface area contributed by atoms with Gasteiger partial charge in [-0.25, -0.2) is 5.26 Å². The summed E-state index contributed by atoms with van der Waals surface area (Å²) in [5, 5.41) is 50.7. The molecule has 0 spiro atoms. The fourth-order valence-corrected chi connectivity index (χ4v) is 6.80. The van der Waals surface area contributed by atoms with E-state index in [0.29, 0.717) is 12.0 Å². The lowest BCUT2D eigenvalue weighted by Gasteiger charge is -2.17. The molecule has 2 heterocycles. The number of azo groups is 2. The summed E-state index contributed by atoms with van der Waals surface area (Å²) in [5.41, 5.74) is -2.25. The molecule has 0 aliphatic rings. The van der Waals surface area contributed by atoms with Crippen LogP contribution < -0.4 is 11.1 Å². The Hall–Kier alpha value is -5.78. The predicted molar refractivity (Wildman–Crippen MR) is 202 cm³/mol. The Morgan fingerprint density at radius 3 is 1.57 bits per heavy atom. The number of aromatic nitrogens is 2. The number of carbonyl (C=O) groups is 2. The molecule has 2 aromatic carbocycles. The molecule has 0 aliphatic carbocycles. The summed E-state index contributed by atoms with van der Waals surface area (Å²) >= 11 is 0.422. The van der Waals surface area contributed by atoms with Crippen molar-refractivity contribution in [2.75, 3.05) is 28.2 Å². The van der Waals surface area contributed by atoms with E-state index < -0.39 is 49.7 Å². The topological polar surface area (TPSA) is 268 Å². The standard InChI is InChI=1S/C34H38N8O12S2/c1-9-41-31(45)25(29(43)39(5)6)17(3)27(33(41)47)37-35-19-11-13-21(23(15-19)55-54-53-49)22-14-12-20(16-24(22)56(50,51)52)36-38-28-18(4)26(30(44)40(7)8)32(46)42(10-2)34(28)48/h11-16,47-49H,9-10H2,1-8H3,(H,50,51,52). The van der Waals surface area contributed by atoms with Gasteiger partial charge in [-0.3, -0.25) is 32.9 Å². The highest BCUT2D eigenvalue weighted by molar-refractivity contribution is 7.94. The van der Waals surface area contributed by atoms with Crippen LogP contribution in [0.1, 0.15) is 45.7 Å². The number of amides is 2.